The molecule has 4 aromatic rings. The number of nitrogens with two attached hydrogens (primary N) is 1. The smallest absolute Gasteiger partial charge is 0.255 e. The lowest BCUT2D eigenvalue weighted by Gasteiger charge is -2.31. The van der Waals surface area contributed by atoms with Gasteiger partial charge in [-0.1, -0.05) is 0 Å². The number of fused-ring (bicyclic) bond motifs is 1. The number of hydrogen-bond acceptors (Lipinski definition) is 5. The van der Waals surface area contributed by atoms with Gasteiger partial charge in [0, 0.05) is 41.1 Å². The molecule has 1 amide bonds. The molecule has 0 spiro atoms. The lowest BCUT2D eigenvalue weighted by atomic mass is 10.1. The Morgan fingerprint density at radius 2 is 1.66 bits per heavy atom. The Bertz CT molecular complexity index is 1240. The van der Waals surface area contributed by atoms with Crippen LogP contribution in [0.1, 0.15) is 23.2 Å². The summed E-state index contributed by atoms with van der Waals surface area (Å²) in [5.41, 5.74) is 10.7. The van der Waals surface area contributed by atoms with Crippen LogP contribution in [0.25, 0.3) is 16.6 Å². The van der Waals surface area contributed by atoms with Crippen molar-refractivity contribution in [2.24, 2.45) is 0 Å². The molecule has 0 aliphatic carbocycles. The van der Waals surface area contributed by atoms with E-state index in [0.717, 1.165) is 48.2 Å². The van der Waals surface area contributed by atoms with E-state index in [0.29, 0.717) is 16.9 Å². The molecular weight excluding hydrogens is 402 g/mol. The normalized spacial score (nSPS) is 14.6. The highest BCUT2D eigenvalue weighted by atomic mass is 16.3. The molecule has 0 atom stereocenters. The van der Waals surface area contributed by atoms with Crippen molar-refractivity contribution in [3.8, 4) is 5.69 Å². The Morgan fingerprint density at radius 3 is 2.38 bits per heavy atom. The highest BCUT2D eigenvalue weighted by Crippen LogP contribution is 2.24. The van der Waals surface area contributed by atoms with Crippen LogP contribution in [0.15, 0.2) is 72.9 Å². The molecule has 1 fully saturated rings. The van der Waals surface area contributed by atoms with Gasteiger partial charge in [-0.25, -0.2) is 4.68 Å². The first-order valence-electron chi connectivity index (χ1n) is 10.7. The maximum absolute atomic E-state index is 12.7. The van der Waals surface area contributed by atoms with E-state index in [4.69, 9.17) is 5.73 Å². The van der Waals surface area contributed by atoms with E-state index >= 15 is 0 Å². The number of carbonyl (C=O) groups is 1. The van der Waals surface area contributed by atoms with Gasteiger partial charge in [-0.3, -0.25) is 4.79 Å². The fourth-order valence-corrected chi connectivity index (χ4v) is 4.08. The molecule has 0 bridgehead atoms. The number of rotatable bonds is 4. The van der Waals surface area contributed by atoms with Crippen LogP contribution in [0, 0.1) is 0 Å². The SMILES string of the molecule is Nc1ccc(-n2ncc3cc(NC(=O)c4ccc(N5CCC(O)CC5)cc4)ccc32)cc1. The number of anilines is 3. The molecule has 1 aliphatic rings. The number of carbonyl (C=O) groups excluding carboxylic acids is 1. The molecule has 162 valence electrons. The van der Waals surface area contributed by atoms with E-state index in [1.807, 2.05) is 71.4 Å². The zero-order chi connectivity index (χ0) is 22.1. The number of amides is 1. The third-order valence-electron chi connectivity index (χ3n) is 5.92. The van der Waals surface area contributed by atoms with Crippen molar-refractivity contribution in [2.45, 2.75) is 18.9 Å². The summed E-state index contributed by atoms with van der Waals surface area (Å²) < 4.78 is 1.85. The number of benzene rings is 3. The minimum absolute atomic E-state index is 0.157. The predicted molar refractivity (Wildman–Crippen MR) is 127 cm³/mol. The molecule has 1 aliphatic heterocycles. The lowest BCUT2D eigenvalue weighted by Crippen LogP contribution is -2.35. The van der Waals surface area contributed by atoms with Crippen LogP contribution in [0.5, 0.6) is 0 Å². The summed E-state index contributed by atoms with van der Waals surface area (Å²) in [6.07, 6.45) is 3.14. The van der Waals surface area contributed by atoms with E-state index in [-0.39, 0.29) is 12.0 Å². The average Bonchev–Trinajstić information content (AvgIpc) is 3.23. The molecule has 3 aromatic carbocycles. The van der Waals surface area contributed by atoms with Gasteiger partial charge in [0.1, 0.15) is 0 Å². The third kappa shape index (κ3) is 4.02. The van der Waals surface area contributed by atoms with Gasteiger partial charge in [0.2, 0.25) is 0 Å². The number of aliphatic hydroxyl groups excluding tert-OH is 1. The van der Waals surface area contributed by atoms with Crippen molar-refractivity contribution in [1.82, 2.24) is 9.78 Å². The van der Waals surface area contributed by atoms with E-state index < -0.39 is 0 Å². The van der Waals surface area contributed by atoms with Crippen LogP contribution < -0.4 is 16.0 Å². The molecule has 32 heavy (non-hydrogen) atoms. The van der Waals surface area contributed by atoms with Crippen molar-refractivity contribution >= 4 is 33.9 Å². The van der Waals surface area contributed by atoms with E-state index in [1.54, 1.807) is 6.20 Å². The Balaban J connectivity index is 1.30. The molecule has 0 radical (unpaired) electrons. The van der Waals surface area contributed by atoms with E-state index in [1.165, 1.54) is 0 Å². The summed E-state index contributed by atoms with van der Waals surface area (Å²) in [5, 5.41) is 18.1. The number of aromatic nitrogens is 2. The minimum atomic E-state index is -0.202. The quantitative estimate of drug-likeness (QED) is 0.430. The standard InChI is InChI=1S/C25H25N5O2/c26-19-3-8-22(9-4-19)30-24-10-5-20(15-18(24)16-27-30)28-25(32)17-1-6-21(7-2-17)29-13-11-23(31)12-14-29/h1-10,15-16,23,31H,11-14,26H2,(H,28,32). The highest BCUT2D eigenvalue weighted by molar-refractivity contribution is 6.05. The van der Waals surface area contributed by atoms with Gasteiger partial charge in [0.15, 0.2) is 0 Å². The molecular formula is C25H25N5O2. The number of nitrogens with one attached hydrogen (secondary N) is 1. The molecule has 2 heterocycles. The van der Waals surface area contributed by atoms with Crippen molar-refractivity contribution in [3.05, 3.63) is 78.5 Å². The van der Waals surface area contributed by atoms with Gasteiger partial charge in [0.25, 0.3) is 5.91 Å². The fourth-order valence-electron chi connectivity index (χ4n) is 4.08. The molecule has 1 aromatic heterocycles. The summed E-state index contributed by atoms with van der Waals surface area (Å²) in [4.78, 5) is 15.0. The second-order valence-corrected chi connectivity index (χ2v) is 8.14. The summed E-state index contributed by atoms with van der Waals surface area (Å²) in [6.45, 7) is 1.66. The minimum Gasteiger partial charge on any atom is -0.399 e. The summed E-state index contributed by atoms with van der Waals surface area (Å²) in [5.74, 6) is -0.157. The monoisotopic (exact) mass is 427 g/mol. The number of nitrogens with zero attached hydrogens (tertiary/aromatic N) is 3. The maximum Gasteiger partial charge on any atom is 0.255 e. The highest BCUT2D eigenvalue weighted by Gasteiger charge is 2.17. The number of aliphatic hydroxyl groups is 1. The van der Waals surface area contributed by atoms with Crippen molar-refractivity contribution in [1.29, 1.82) is 0 Å². The maximum atomic E-state index is 12.7. The van der Waals surface area contributed by atoms with Crippen molar-refractivity contribution < 1.29 is 9.90 Å². The largest absolute Gasteiger partial charge is 0.399 e. The zero-order valence-corrected chi connectivity index (χ0v) is 17.6. The van der Waals surface area contributed by atoms with Crippen molar-refractivity contribution in [3.63, 3.8) is 0 Å². The summed E-state index contributed by atoms with van der Waals surface area (Å²) in [7, 11) is 0. The number of hydrogen-bond donors (Lipinski definition) is 3. The topological polar surface area (TPSA) is 96.4 Å². The van der Waals surface area contributed by atoms with Crippen LogP contribution in [0.3, 0.4) is 0 Å². The summed E-state index contributed by atoms with van der Waals surface area (Å²) in [6, 6.07) is 20.9. The fraction of sp³-hybridized carbons (Fsp3) is 0.200. The molecule has 7 nitrogen and oxygen atoms in total. The first kappa shape index (κ1) is 20.1. The van der Waals surface area contributed by atoms with E-state index in [2.05, 4.69) is 15.3 Å². The van der Waals surface area contributed by atoms with Gasteiger partial charge in [0.05, 0.1) is 23.5 Å². The van der Waals surface area contributed by atoms with Gasteiger partial charge >= 0.3 is 0 Å². The van der Waals surface area contributed by atoms with Gasteiger partial charge in [-0.15, -0.1) is 0 Å². The molecule has 0 saturated carbocycles. The second-order valence-electron chi connectivity index (χ2n) is 8.14. The van der Waals surface area contributed by atoms with Crippen molar-refractivity contribution in [2.75, 3.05) is 29.0 Å². The van der Waals surface area contributed by atoms with Crippen LogP contribution in [-0.2, 0) is 0 Å². The lowest BCUT2D eigenvalue weighted by molar-refractivity contribution is 0.102. The molecule has 5 rings (SSSR count). The van der Waals surface area contributed by atoms with E-state index in [9.17, 15) is 9.90 Å². The summed E-state index contributed by atoms with van der Waals surface area (Å²) >= 11 is 0. The van der Waals surface area contributed by atoms with Crippen LogP contribution in [0.4, 0.5) is 17.1 Å². The van der Waals surface area contributed by atoms with Crippen LogP contribution in [-0.4, -0.2) is 40.0 Å². The molecule has 7 heteroatoms. The van der Waals surface area contributed by atoms with Crippen LogP contribution in [0.2, 0.25) is 0 Å². The first-order valence-corrected chi connectivity index (χ1v) is 10.7. The Kier molecular flexibility index (Phi) is 5.25. The molecule has 1 saturated heterocycles. The molecule has 4 N–H and O–H groups in total. The number of nitrogen functional groups attached to an aromatic ring is 1. The Hall–Kier alpha value is -3.84. The zero-order valence-electron chi connectivity index (χ0n) is 17.6. The van der Waals surface area contributed by atoms with Gasteiger partial charge < -0.3 is 21.1 Å². The van der Waals surface area contributed by atoms with Gasteiger partial charge in [-0.05, 0) is 79.6 Å². The third-order valence-corrected chi connectivity index (χ3v) is 5.92. The number of piperidine rings is 1. The van der Waals surface area contributed by atoms with Crippen LogP contribution >= 0.6 is 0 Å². The first-order chi connectivity index (χ1) is 15.6. The predicted octanol–water partition coefficient (Wildman–Crippen LogP) is 3.82. The Labute approximate surface area is 186 Å². The Morgan fingerprint density at radius 1 is 0.969 bits per heavy atom. The molecule has 0 unspecified atom stereocenters. The second kappa shape index (κ2) is 8.36. The van der Waals surface area contributed by atoms with Gasteiger partial charge in [-0.2, -0.15) is 5.10 Å². The average molecular weight is 428 g/mol.